The van der Waals surface area contributed by atoms with E-state index in [1.165, 1.54) is 19.6 Å². The van der Waals surface area contributed by atoms with Gasteiger partial charge in [0.1, 0.15) is 0 Å². The van der Waals surface area contributed by atoms with Crippen LogP contribution < -0.4 is 0 Å². The average Bonchev–Trinajstić information content (AvgIpc) is 1.78. The highest BCUT2D eigenvalue weighted by Crippen LogP contribution is 2.13. The van der Waals surface area contributed by atoms with Crippen LogP contribution in [-0.2, 0) is 0 Å². The number of rotatable bonds is 3. The van der Waals surface area contributed by atoms with Crippen LogP contribution in [0, 0.1) is 5.92 Å². The maximum atomic E-state index is 5.54. The van der Waals surface area contributed by atoms with E-state index in [9.17, 15) is 0 Å². The molecule has 1 fully saturated rings. The fourth-order valence-corrected chi connectivity index (χ4v) is 1.41. The quantitative estimate of drug-likeness (QED) is 0.548. The van der Waals surface area contributed by atoms with Gasteiger partial charge in [0.25, 0.3) is 0 Å². The molecule has 2 heteroatoms. The lowest BCUT2D eigenvalue weighted by Gasteiger charge is -2.36. The third kappa shape index (κ3) is 2.15. The Morgan fingerprint density at radius 2 is 2.22 bits per heavy atom. The van der Waals surface area contributed by atoms with Crippen LogP contribution in [0.15, 0.2) is 0 Å². The predicted octanol–water partition coefficient (Wildman–Crippen LogP) is 1.57. The zero-order valence-corrected chi connectivity index (χ0v) is 6.69. The first-order chi connectivity index (χ1) is 4.33. The van der Waals surface area contributed by atoms with Gasteiger partial charge in [0, 0.05) is 19.0 Å². The lowest BCUT2D eigenvalue weighted by Crippen LogP contribution is -2.45. The molecule has 1 saturated heterocycles. The van der Waals surface area contributed by atoms with E-state index in [2.05, 4.69) is 11.8 Å². The van der Waals surface area contributed by atoms with Gasteiger partial charge in [0.2, 0.25) is 0 Å². The molecule has 0 aromatic carbocycles. The van der Waals surface area contributed by atoms with Gasteiger partial charge in [-0.25, -0.2) is 0 Å². The molecule has 0 aliphatic carbocycles. The molecule has 0 unspecified atom stereocenters. The lowest BCUT2D eigenvalue weighted by molar-refractivity contribution is 0.114. The molecule has 0 bridgehead atoms. The van der Waals surface area contributed by atoms with Crippen LogP contribution in [0.2, 0.25) is 0 Å². The molecule has 54 valence electrons. The van der Waals surface area contributed by atoms with Crippen molar-refractivity contribution < 1.29 is 0 Å². The van der Waals surface area contributed by atoms with E-state index in [0.717, 1.165) is 18.2 Å². The van der Waals surface area contributed by atoms with Gasteiger partial charge in [0.15, 0.2) is 0 Å². The minimum absolute atomic E-state index is 0.810. The number of nitrogens with zero attached hydrogens (tertiary/aromatic N) is 1. The van der Waals surface area contributed by atoms with Gasteiger partial charge in [-0.1, -0.05) is 6.92 Å². The molecule has 0 amide bonds. The topological polar surface area (TPSA) is 3.24 Å². The van der Waals surface area contributed by atoms with Crippen molar-refractivity contribution in [3.63, 3.8) is 0 Å². The second kappa shape index (κ2) is 3.43. The molecule has 1 nitrogen and oxygen atoms in total. The number of likely N-dealkylation sites (tertiary alicyclic amines) is 1. The molecule has 1 rings (SSSR count). The normalized spacial score (nSPS) is 22.0. The van der Waals surface area contributed by atoms with E-state index in [4.69, 9.17) is 11.6 Å². The zero-order valence-electron chi connectivity index (χ0n) is 5.94. The van der Waals surface area contributed by atoms with E-state index in [0.29, 0.717) is 0 Å². The first-order valence-corrected chi connectivity index (χ1v) is 4.14. The highest BCUT2D eigenvalue weighted by atomic mass is 35.5. The highest BCUT2D eigenvalue weighted by Gasteiger charge is 2.20. The van der Waals surface area contributed by atoms with Gasteiger partial charge in [0.05, 0.1) is 0 Å². The standard InChI is InChI=1S/C7H14ClN/c1-7-5-9(6-7)4-2-3-8/h7H,2-6H2,1H3. The van der Waals surface area contributed by atoms with Crippen LogP contribution >= 0.6 is 11.6 Å². The summed E-state index contributed by atoms with van der Waals surface area (Å²) >= 11 is 5.54. The third-order valence-electron chi connectivity index (χ3n) is 1.75. The van der Waals surface area contributed by atoms with Crippen molar-refractivity contribution in [2.45, 2.75) is 13.3 Å². The number of alkyl halides is 1. The van der Waals surface area contributed by atoms with Gasteiger partial charge in [-0.05, 0) is 18.9 Å². The minimum Gasteiger partial charge on any atom is -0.303 e. The van der Waals surface area contributed by atoms with Crippen LogP contribution in [0.5, 0.6) is 0 Å². The second-order valence-corrected chi connectivity index (χ2v) is 3.29. The SMILES string of the molecule is CC1CN(CCCCl)C1. The van der Waals surface area contributed by atoms with Gasteiger partial charge < -0.3 is 4.90 Å². The maximum absolute atomic E-state index is 5.54. The van der Waals surface area contributed by atoms with Crippen LogP contribution in [-0.4, -0.2) is 30.4 Å². The summed E-state index contributed by atoms with van der Waals surface area (Å²) in [5.74, 6) is 1.74. The van der Waals surface area contributed by atoms with Gasteiger partial charge in [-0.3, -0.25) is 0 Å². The van der Waals surface area contributed by atoms with Crippen molar-refractivity contribution in [1.29, 1.82) is 0 Å². The zero-order chi connectivity index (χ0) is 6.69. The average molecular weight is 148 g/mol. The van der Waals surface area contributed by atoms with E-state index in [1.807, 2.05) is 0 Å². The van der Waals surface area contributed by atoms with Crippen LogP contribution in [0.25, 0.3) is 0 Å². The van der Waals surface area contributed by atoms with Gasteiger partial charge >= 0.3 is 0 Å². The largest absolute Gasteiger partial charge is 0.303 e. The fourth-order valence-electron chi connectivity index (χ4n) is 1.29. The molecule has 0 aromatic rings. The summed E-state index contributed by atoms with van der Waals surface area (Å²) in [6.45, 7) is 6.07. The molecular formula is C7H14ClN. The first kappa shape index (κ1) is 7.36. The second-order valence-electron chi connectivity index (χ2n) is 2.91. The smallest absolute Gasteiger partial charge is 0.0235 e. The molecule has 9 heavy (non-hydrogen) atoms. The van der Waals surface area contributed by atoms with E-state index in [1.54, 1.807) is 0 Å². The molecule has 1 heterocycles. The van der Waals surface area contributed by atoms with Crippen molar-refractivity contribution >= 4 is 11.6 Å². The first-order valence-electron chi connectivity index (χ1n) is 3.61. The van der Waals surface area contributed by atoms with E-state index < -0.39 is 0 Å². The Morgan fingerprint density at radius 3 is 2.67 bits per heavy atom. The van der Waals surface area contributed by atoms with Crippen LogP contribution in [0.4, 0.5) is 0 Å². The van der Waals surface area contributed by atoms with Crippen molar-refractivity contribution in [3.8, 4) is 0 Å². The van der Waals surface area contributed by atoms with Crippen molar-refractivity contribution in [2.75, 3.05) is 25.5 Å². The molecule has 0 aromatic heterocycles. The Hall–Kier alpha value is 0.250. The lowest BCUT2D eigenvalue weighted by atomic mass is 10.0. The third-order valence-corrected chi connectivity index (χ3v) is 2.01. The summed E-state index contributed by atoms with van der Waals surface area (Å²) in [6, 6.07) is 0. The molecule has 0 atom stereocenters. The summed E-state index contributed by atoms with van der Waals surface area (Å²) in [5.41, 5.74) is 0. The minimum atomic E-state index is 0.810. The fraction of sp³-hybridized carbons (Fsp3) is 1.00. The summed E-state index contributed by atoms with van der Waals surface area (Å²) < 4.78 is 0. The van der Waals surface area contributed by atoms with Crippen molar-refractivity contribution in [3.05, 3.63) is 0 Å². The van der Waals surface area contributed by atoms with Gasteiger partial charge in [-0.15, -0.1) is 11.6 Å². The monoisotopic (exact) mass is 147 g/mol. The maximum Gasteiger partial charge on any atom is 0.0235 e. The molecule has 0 N–H and O–H groups in total. The summed E-state index contributed by atoms with van der Waals surface area (Å²) in [7, 11) is 0. The number of hydrogen-bond acceptors (Lipinski definition) is 1. The molecule has 0 radical (unpaired) electrons. The summed E-state index contributed by atoms with van der Waals surface area (Å²) in [6.07, 6.45) is 1.15. The predicted molar refractivity (Wildman–Crippen MR) is 40.9 cm³/mol. The van der Waals surface area contributed by atoms with Crippen LogP contribution in [0.1, 0.15) is 13.3 Å². The molecule has 0 saturated carbocycles. The van der Waals surface area contributed by atoms with E-state index in [-0.39, 0.29) is 0 Å². The summed E-state index contributed by atoms with van der Waals surface area (Å²) in [5, 5.41) is 0. The Labute approximate surface area is 62.0 Å². The van der Waals surface area contributed by atoms with Crippen LogP contribution in [0.3, 0.4) is 0 Å². The molecule has 1 aliphatic heterocycles. The van der Waals surface area contributed by atoms with E-state index >= 15 is 0 Å². The Bertz CT molecular complexity index is 79.0. The molecule has 1 aliphatic rings. The highest BCUT2D eigenvalue weighted by molar-refractivity contribution is 6.17. The summed E-state index contributed by atoms with van der Waals surface area (Å²) in [4.78, 5) is 2.45. The molecular weight excluding hydrogens is 134 g/mol. The number of halogens is 1. The number of hydrogen-bond donors (Lipinski definition) is 0. The Morgan fingerprint density at radius 1 is 1.56 bits per heavy atom. The Balaban J connectivity index is 1.91. The van der Waals surface area contributed by atoms with Gasteiger partial charge in [-0.2, -0.15) is 0 Å². The van der Waals surface area contributed by atoms with Crippen molar-refractivity contribution in [1.82, 2.24) is 4.90 Å². The Kier molecular flexibility index (Phi) is 2.80. The van der Waals surface area contributed by atoms with Crippen molar-refractivity contribution in [2.24, 2.45) is 5.92 Å². The molecule has 0 spiro atoms.